The SMILES string of the molecule is CC(C)CN1C(=O)c2ccccc2[C@H](C(=O)NCCCN2CCCC[C@H]2C)[C@@H]1c1cccs1. The molecule has 2 aromatic rings. The van der Waals surface area contributed by atoms with E-state index >= 15 is 0 Å². The smallest absolute Gasteiger partial charge is 0.254 e. The first-order valence-electron chi connectivity index (χ1n) is 12.4. The van der Waals surface area contributed by atoms with Crippen molar-refractivity contribution in [2.45, 2.75) is 64.5 Å². The number of amides is 2. The fraction of sp³-hybridized carbons (Fsp3) is 0.556. The second-order valence-corrected chi connectivity index (χ2v) is 10.9. The van der Waals surface area contributed by atoms with Crippen molar-refractivity contribution in [2.75, 3.05) is 26.2 Å². The van der Waals surface area contributed by atoms with Crippen LogP contribution in [-0.2, 0) is 4.79 Å². The van der Waals surface area contributed by atoms with Crippen molar-refractivity contribution in [1.29, 1.82) is 0 Å². The molecule has 0 spiro atoms. The number of thiophene rings is 1. The zero-order chi connectivity index (χ0) is 23.4. The Morgan fingerprint density at radius 2 is 2.00 bits per heavy atom. The summed E-state index contributed by atoms with van der Waals surface area (Å²) in [4.78, 5) is 32.7. The van der Waals surface area contributed by atoms with Crippen molar-refractivity contribution in [3.63, 3.8) is 0 Å². The molecule has 1 aromatic heterocycles. The van der Waals surface area contributed by atoms with Crippen LogP contribution in [0.2, 0.25) is 0 Å². The highest BCUT2D eigenvalue weighted by Gasteiger charge is 2.44. The summed E-state index contributed by atoms with van der Waals surface area (Å²) in [5.74, 6) is -0.0308. The molecule has 6 heteroatoms. The van der Waals surface area contributed by atoms with Gasteiger partial charge < -0.3 is 15.1 Å². The van der Waals surface area contributed by atoms with Gasteiger partial charge in [-0.15, -0.1) is 11.3 Å². The average molecular weight is 468 g/mol. The molecule has 3 heterocycles. The predicted octanol–water partition coefficient (Wildman–Crippen LogP) is 5.07. The monoisotopic (exact) mass is 467 g/mol. The number of likely N-dealkylation sites (tertiary alicyclic amines) is 1. The Morgan fingerprint density at radius 1 is 1.18 bits per heavy atom. The third-order valence-electron chi connectivity index (χ3n) is 6.98. The van der Waals surface area contributed by atoms with Crippen LogP contribution in [-0.4, -0.2) is 53.8 Å². The molecular weight excluding hydrogens is 430 g/mol. The molecule has 178 valence electrons. The zero-order valence-corrected chi connectivity index (χ0v) is 20.9. The molecule has 2 amide bonds. The normalized spacial score (nSPS) is 23.6. The highest BCUT2D eigenvalue weighted by Crippen LogP contribution is 2.44. The van der Waals surface area contributed by atoms with Crippen LogP contribution in [0.1, 0.15) is 79.2 Å². The van der Waals surface area contributed by atoms with Gasteiger partial charge in [0, 0.05) is 36.1 Å². The molecule has 1 N–H and O–H groups in total. The van der Waals surface area contributed by atoms with Gasteiger partial charge in [-0.2, -0.15) is 0 Å². The van der Waals surface area contributed by atoms with Gasteiger partial charge in [-0.1, -0.05) is 44.5 Å². The Balaban J connectivity index is 1.54. The quantitative estimate of drug-likeness (QED) is 0.552. The fourth-order valence-electron chi connectivity index (χ4n) is 5.34. The van der Waals surface area contributed by atoms with Crippen molar-refractivity contribution in [1.82, 2.24) is 15.1 Å². The molecule has 3 atom stereocenters. The molecule has 0 unspecified atom stereocenters. The van der Waals surface area contributed by atoms with Crippen LogP contribution < -0.4 is 5.32 Å². The Morgan fingerprint density at radius 3 is 2.73 bits per heavy atom. The van der Waals surface area contributed by atoms with Crippen molar-refractivity contribution in [3.8, 4) is 0 Å². The standard InChI is InChI=1S/C27H37N3O2S/c1-19(2)18-30-25(23-13-8-17-33-23)24(21-11-4-5-12-22(21)27(30)32)26(31)28-14-9-16-29-15-7-6-10-20(29)3/h4-5,8,11-13,17,19-20,24-25H,6-7,9-10,14-16,18H2,1-3H3,(H,28,31)/t20-,24+,25+/m1/s1. The molecule has 5 nitrogen and oxygen atoms in total. The number of piperidine rings is 1. The highest BCUT2D eigenvalue weighted by molar-refractivity contribution is 7.10. The molecule has 1 aromatic carbocycles. The van der Waals surface area contributed by atoms with Crippen molar-refractivity contribution in [2.24, 2.45) is 5.92 Å². The minimum atomic E-state index is -0.398. The van der Waals surface area contributed by atoms with E-state index in [4.69, 9.17) is 0 Å². The summed E-state index contributed by atoms with van der Waals surface area (Å²) in [6.07, 6.45) is 4.82. The minimum absolute atomic E-state index is 0.0220. The van der Waals surface area contributed by atoms with E-state index in [2.05, 4.69) is 37.1 Å². The summed E-state index contributed by atoms with van der Waals surface area (Å²) in [5.41, 5.74) is 1.51. The number of fused-ring (bicyclic) bond motifs is 1. The minimum Gasteiger partial charge on any atom is -0.355 e. The maximum absolute atomic E-state index is 13.7. The number of nitrogens with zero attached hydrogens (tertiary/aromatic N) is 2. The van der Waals surface area contributed by atoms with Crippen LogP contribution in [0.4, 0.5) is 0 Å². The summed E-state index contributed by atoms with van der Waals surface area (Å²) in [7, 11) is 0. The summed E-state index contributed by atoms with van der Waals surface area (Å²) >= 11 is 1.62. The number of nitrogens with one attached hydrogen (secondary N) is 1. The van der Waals surface area contributed by atoms with Crippen LogP contribution in [0.3, 0.4) is 0 Å². The summed E-state index contributed by atoms with van der Waals surface area (Å²) in [6.45, 7) is 10.0. The molecule has 0 radical (unpaired) electrons. The number of benzene rings is 1. The lowest BCUT2D eigenvalue weighted by Gasteiger charge is -2.42. The van der Waals surface area contributed by atoms with Gasteiger partial charge in [0.15, 0.2) is 0 Å². The lowest BCUT2D eigenvalue weighted by atomic mass is 9.81. The van der Waals surface area contributed by atoms with Gasteiger partial charge in [0.25, 0.3) is 5.91 Å². The first-order chi connectivity index (χ1) is 16.0. The number of hydrogen-bond acceptors (Lipinski definition) is 4. The molecule has 4 rings (SSSR count). The van der Waals surface area contributed by atoms with E-state index in [9.17, 15) is 9.59 Å². The van der Waals surface area contributed by atoms with E-state index in [-0.39, 0.29) is 17.9 Å². The number of rotatable bonds is 8. The van der Waals surface area contributed by atoms with Gasteiger partial charge in [0.05, 0.1) is 12.0 Å². The largest absolute Gasteiger partial charge is 0.355 e. The highest BCUT2D eigenvalue weighted by atomic mass is 32.1. The average Bonchev–Trinajstić information content (AvgIpc) is 3.33. The van der Waals surface area contributed by atoms with E-state index < -0.39 is 5.92 Å². The molecule has 1 fully saturated rings. The second kappa shape index (κ2) is 10.8. The molecule has 33 heavy (non-hydrogen) atoms. The van der Waals surface area contributed by atoms with Crippen LogP contribution >= 0.6 is 11.3 Å². The van der Waals surface area contributed by atoms with Crippen LogP contribution in [0, 0.1) is 5.92 Å². The maximum atomic E-state index is 13.7. The Hall–Kier alpha value is -2.18. The van der Waals surface area contributed by atoms with Gasteiger partial charge in [0.1, 0.15) is 0 Å². The topological polar surface area (TPSA) is 52.7 Å². The zero-order valence-electron chi connectivity index (χ0n) is 20.1. The summed E-state index contributed by atoms with van der Waals surface area (Å²) < 4.78 is 0. The van der Waals surface area contributed by atoms with Crippen LogP contribution in [0.25, 0.3) is 0 Å². The van der Waals surface area contributed by atoms with Gasteiger partial charge in [0.2, 0.25) is 5.91 Å². The fourth-order valence-corrected chi connectivity index (χ4v) is 6.21. The third kappa shape index (κ3) is 5.33. The first kappa shape index (κ1) is 24.0. The molecule has 0 bridgehead atoms. The molecule has 0 aliphatic carbocycles. The van der Waals surface area contributed by atoms with E-state index in [1.165, 1.54) is 19.3 Å². The summed E-state index contributed by atoms with van der Waals surface area (Å²) in [5, 5.41) is 5.26. The maximum Gasteiger partial charge on any atom is 0.254 e. The van der Waals surface area contributed by atoms with Crippen molar-refractivity contribution >= 4 is 23.2 Å². The predicted molar refractivity (Wildman–Crippen MR) is 135 cm³/mol. The Bertz CT molecular complexity index is 943. The van der Waals surface area contributed by atoms with E-state index in [1.54, 1.807) is 11.3 Å². The van der Waals surface area contributed by atoms with Gasteiger partial charge >= 0.3 is 0 Å². The van der Waals surface area contributed by atoms with Crippen molar-refractivity contribution < 1.29 is 9.59 Å². The van der Waals surface area contributed by atoms with E-state index in [0.717, 1.165) is 30.0 Å². The van der Waals surface area contributed by atoms with Crippen LogP contribution in [0.15, 0.2) is 41.8 Å². The number of carbonyl (C=O) groups excluding carboxylic acids is 2. The summed E-state index contributed by atoms with van der Waals surface area (Å²) in [6, 6.07) is 12.1. The molecular formula is C27H37N3O2S. The Labute approximate surface area is 202 Å². The molecule has 0 saturated carbocycles. The van der Waals surface area contributed by atoms with Gasteiger partial charge in [-0.05, 0) is 61.7 Å². The van der Waals surface area contributed by atoms with Crippen LogP contribution in [0.5, 0.6) is 0 Å². The molecule has 1 saturated heterocycles. The molecule has 2 aliphatic rings. The lowest BCUT2D eigenvalue weighted by molar-refractivity contribution is -0.124. The second-order valence-electron chi connectivity index (χ2n) is 9.90. The molecule has 2 aliphatic heterocycles. The number of hydrogen-bond donors (Lipinski definition) is 1. The van der Waals surface area contributed by atoms with E-state index in [0.29, 0.717) is 30.6 Å². The van der Waals surface area contributed by atoms with Gasteiger partial charge in [-0.3, -0.25) is 9.59 Å². The Kier molecular flexibility index (Phi) is 7.86. The third-order valence-corrected chi connectivity index (χ3v) is 7.92. The first-order valence-corrected chi connectivity index (χ1v) is 13.3. The van der Waals surface area contributed by atoms with Gasteiger partial charge in [-0.25, -0.2) is 0 Å². The van der Waals surface area contributed by atoms with Crippen molar-refractivity contribution in [3.05, 3.63) is 57.8 Å². The van der Waals surface area contributed by atoms with E-state index in [1.807, 2.05) is 40.6 Å². The number of carbonyl (C=O) groups is 2. The lowest BCUT2D eigenvalue weighted by Crippen LogP contribution is -2.48.